The van der Waals surface area contributed by atoms with Gasteiger partial charge in [0.2, 0.25) is 0 Å². The van der Waals surface area contributed by atoms with E-state index in [1.165, 1.54) is 51.5 Å². The zero-order valence-electron chi connectivity index (χ0n) is 11.8. The zero-order chi connectivity index (χ0) is 12.0. The van der Waals surface area contributed by atoms with Gasteiger partial charge in [-0.15, -0.1) is 0 Å². The summed E-state index contributed by atoms with van der Waals surface area (Å²) in [4.78, 5) is 2.81. The second-order valence-corrected chi connectivity index (χ2v) is 5.60. The lowest BCUT2D eigenvalue weighted by molar-refractivity contribution is 0.0647. The third-order valence-electron chi connectivity index (χ3n) is 4.44. The maximum absolute atomic E-state index is 2.81. The molecule has 0 aromatic heterocycles. The van der Waals surface area contributed by atoms with Gasteiger partial charge in [0.15, 0.2) is 0 Å². The minimum absolute atomic E-state index is 0.788. The van der Waals surface area contributed by atoms with E-state index < -0.39 is 0 Å². The minimum Gasteiger partial charge on any atom is -0.297 e. The highest BCUT2D eigenvalue weighted by Crippen LogP contribution is 2.29. The van der Waals surface area contributed by atoms with Crippen molar-refractivity contribution in [3.05, 3.63) is 0 Å². The molecule has 0 N–H and O–H groups in total. The Labute approximate surface area is 103 Å². The van der Waals surface area contributed by atoms with Crippen LogP contribution in [-0.2, 0) is 0 Å². The molecule has 0 saturated heterocycles. The second kappa shape index (κ2) is 7.32. The van der Waals surface area contributed by atoms with Crippen molar-refractivity contribution in [2.45, 2.75) is 84.7 Å². The van der Waals surface area contributed by atoms with Gasteiger partial charge in [-0.25, -0.2) is 0 Å². The van der Waals surface area contributed by atoms with Crippen molar-refractivity contribution in [1.82, 2.24) is 4.90 Å². The smallest absolute Gasteiger partial charge is 0.00982 e. The van der Waals surface area contributed by atoms with Crippen LogP contribution in [0.2, 0.25) is 0 Å². The molecule has 1 fully saturated rings. The summed E-state index contributed by atoms with van der Waals surface area (Å²) in [6.07, 6.45) is 9.78. The van der Waals surface area contributed by atoms with Crippen LogP contribution < -0.4 is 0 Å². The van der Waals surface area contributed by atoms with Gasteiger partial charge < -0.3 is 0 Å². The molecule has 0 spiro atoms. The lowest BCUT2D eigenvalue weighted by Gasteiger charge is -2.43. The van der Waals surface area contributed by atoms with E-state index in [1.807, 2.05) is 0 Å². The van der Waals surface area contributed by atoms with E-state index in [1.54, 1.807) is 0 Å². The summed E-state index contributed by atoms with van der Waals surface area (Å²) in [5.74, 6) is 0.930. The molecule has 0 aromatic carbocycles. The molecular weight excluding hydrogens is 194 g/mol. The molecule has 0 aromatic rings. The highest BCUT2D eigenvalue weighted by molar-refractivity contribution is 4.84. The minimum atomic E-state index is 0.788. The molecule has 1 saturated carbocycles. The summed E-state index contributed by atoms with van der Waals surface area (Å²) in [6.45, 7) is 10.8. The Morgan fingerprint density at radius 1 is 1.12 bits per heavy atom. The van der Waals surface area contributed by atoms with Gasteiger partial charge in [0, 0.05) is 18.6 Å². The van der Waals surface area contributed by atoms with Gasteiger partial charge in [0.25, 0.3) is 0 Å². The quantitative estimate of drug-likeness (QED) is 0.589. The molecule has 1 aliphatic carbocycles. The molecule has 0 heterocycles. The standard InChI is InChI=1S/C15H31N/c1-5-9-14(7-3)12-16(13(4)6-2)15-10-8-11-15/h13-15H,5-12H2,1-4H3. The van der Waals surface area contributed by atoms with Gasteiger partial charge in [0.05, 0.1) is 0 Å². The van der Waals surface area contributed by atoms with E-state index >= 15 is 0 Å². The van der Waals surface area contributed by atoms with Crippen LogP contribution in [0.15, 0.2) is 0 Å². The van der Waals surface area contributed by atoms with Crippen LogP contribution >= 0.6 is 0 Å². The van der Waals surface area contributed by atoms with E-state index in [0.717, 1.165) is 18.0 Å². The number of nitrogens with zero attached hydrogens (tertiary/aromatic N) is 1. The van der Waals surface area contributed by atoms with E-state index in [4.69, 9.17) is 0 Å². The summed E-state index contributed by atoms with van der Waals surface area (Å²) >= 11 is 0. The third-order valence-corrected chi connectivity index (χ3v) is 4.44. The summed E-state index contributed by atoms with van der Waals surface area (Å²) < 4.78 is 0. The molecule has 2 atom stereocenters. The van der Waals surface area contributed by atoms with Crippen molar-refractivity contribution in [2.75, 3.05) is 6.54 Å². The molecule has 0 radical (unpaired) electrons. The molecule has 0 amide bonds. The van der Waals surface area contributed by atoms with Gasteiger partial charge in [0.1, 0.15) is 0 Å². The zero-order valence-corrected chi connectivity index (χ0v) is 11.8. The van der Waals surface area contributed by atoms with E-state index in [9.17, 15) is 0 Å². The predicted molar refractivity (Wildman–Crippen MR) is 72.8 cm³/mol. The molecule has 1 nitrogen and oxygen atoms in total. The molecule has 16 heavy (non-hydrogen) atoms. The van der Waals surface area contributed by atoms with Crippen LogP contribution in [0.3, 0.4) is 0 Å². The van der Waals surface area contributed by atoms with Crippen molar-refractivity contribution in [1.29, 1.82) is 0 Å². The number of hydrogen-bond acceptors (Lipinski definition) is 1. The monoisotopic (exact) mass is 225 g/mol. The number of hydrogen-bond donors (Lipinski definition) is 0. The fourth-order valence-electron chi connectivity index (χ4n) is 2.77. The highest BCUT2D eigenvalue weighted by Gasteiger charge is 2.28. The van der Waals surface area contributed by atoms with E-state index in [2.05, 4.69) is 32.6 Å². The Kier molecular flexibility index (Phi) is 6.41. The topological polar surface area (TPSA) is 3.24 Å². The summed E-state index contributed by atoms with van der Waals surface area (Å²) in [6, 6.07) is 1.71. The first-order valence-corrected chi connectivity index (χ1v) is 7.48. The normalized spacial score (nSPS) is 20.8. The second-order valence-electron chi connectivity index (χ2n) is 5.60. The average Bonchev–Trinajstić information content (AvgIpc) is 2.23. The fraction of sp³-hybridized carbons (Fsp3) is 1.00. The molecule has 1 aliphatic rings. The van der Waals surface area contributed by atoms with Crippen LogP contribution in [0.1, 0.15) is 72.6 Å². The summed E-state index contributed by atoms with van der Waals surface area (Å²) in [5.41, 5.74) is 0. The Balaban J connectivity index is 2.47. The first-order chi connectivity index (χ1) is 7.72. The van der Waals surface area contributed by atoms with Gasteiger partial charge in [-0.2, -0.15) is 0 Å². The van der Waals surface area contributed by atoms with Crippen LogP contribution in [0.5, 0.6) is 0 Å². The predicted octanol–water partition coefficient (Wildman–Crippen LogP) is 4.47. The molecule has 0 bridgehead atoms. The molecule has 2 unspecified atom stereocenters. The average molecular weight is 225 g/mol. The van der Waals surface area contributed by atoms with Crippen molar-refractivity contribution >= 4 is 0 Å². The summed E-state index contributed by atoms with van der Waals surface area (Å²) in [5, 5.41) is 0. The van der Waals surface area contributed by atoms with Crippen molar-refractivity contribution < 1.29 is 0 Å². The highest BCUT2D eigenvalue weighted by atomic mass is 15.2. The lowest BCUT2D eigenvalue weighted by Crippen LogP contribution is -2.47. The first-order valence-electron chi connectivity index (χ1n) is 7.48. The molecule has 1 heteroatoms. The van der Waals surface area contributed by atoms with Gasteiger partial charge >= 0.3 is 0 Å². The van der Waals surface area contributed by atoms with Gasteiger partial charge in [-0.1, -0.05) is 40.0 Å². The van der Waals surface area contributed by atoms with E-state index in [0.29, 0.717) is 0 Å². The molecule has 1 rings (SSSR count). The van der Waals surface area contributed by atoms with Crippen molar-refractivity contribution in [3.8, 4) is 0 Å². The molecule has 0 aliphatic heterocycles. The third kappa shape index (κ3) is 3.76. The Morgan fingerprint density at radius 2 is 1.81 bits per heavy atom. The Morgan fingerprint density at radius 3 is 2.19 bits per heavy atom. The Hall–Kier alpha value is -0.0400. The number of rotatable bonds is 8. The van der Waals surface area contributed by atoms with Crippen LogP contribution in [0.4, 0.5) is 0 Å². The van der Waals surface area contributed by atoms with E-state index in [-0.39, 0.29) is 0 Å². The van der Waals surface area contributed by atoms with Gasteiger partial charge in [-0.3, -0.25) is 4.90 Å². The maximum atomic E-state index is 2.81. The lowest BCUT2D eigenvalue weighted by atomic mass is 9.88. The Bertz CT molecular complexity index is 170. The van der Waals surface area contributed by atoms with Crippen LogP contribution in [-0.4, -0.2) is 23.5 Å². The van der Waals surface area contributed by atoms with Crippen LogP contribution in [0.25, 0.3) is 0 Å². The maximum Gasteiger partial charge on any atom is 0.00982 e. The molecule has 96 valence electrons. The van der Waals surface area contributed by atoms with Crippen molar-refractivity contribution in [2.24, 2.45) is 5.92 Å². The summed E-state index contributed by atoms with van der Waals surface area (Å²) in [7, 11) is 0. The fourth-order valence-corrected chi connectivity index (χ4v) is 2.77. The largest absolute Gasteiger partial charge is 0.297 e. The SMILES string of the molecule is CCCC(CC)CN(C(C)CC)C1CCC1. The van der Waals surface area contributed by atoms with Crippen LogP contribution in [0, 0.1) is 5.92 Å². The molecular formula is C15H31N. The first kappa shape index (κ1) is 14.0. The van der Waals surface area contributed by atoms with Crippen molar-refractivity contribution in [3.63, 3.8) is 0 Å². The van der Waals surface area contributed by atoms with Gasteiger partial charge in [-0.05, 0) is 38.5 Å².